The van der Waals surface area contributed by atoms with Gasteiger partial charge in [0.15, 0.2) is 0 Å². The molecule has 0 fully saturated rings. The van der Waals surface area contributed by atoms with E-state index in [9.17, 15) is 4.79 Å². The maximum atomic E-state index is 12.1. The molecule has 4 nitrogen and oxygen atoms in total. The summed E-state index contributed by atoms with van der Waals surface area (Å²) in [5, 5.41) is 2.93. The summed E-state index contributed by atoms with van der Waals surface area (Å²) in [4.78, 5) is 12.1. The van der Waals surface area contributed by atoms with Crippen LogP contribution >= 0.6 is 0 Å². The number of hydrogen-bond acceptors (Lipinski definition) is 3. The molecule has 3 N–H and O–H groups in total. The number of ether oxygens (including phenoxy) is 1. The highest BCUT2D eigenvalue weighted by Gasteiger charge is 2.32. The fraction of sp³-hybridized carbons (Fsp3) is 0.588. The van der Waals surface area contributed by atoms with Gasteiger partial charge in [0.05, 0.1) is 5.92 Å². The van der Waals surface area contributed by atoms with Crippen molar-refractivity contribution in [2.24, 2.45) is 11.7 Å². The van der Waals surface area contributed by atoms with Crippen molar-refractivity contribution in [1.82, 2.24) is 5.32 Å². The molecule has 0 spiro atoms. The molecule has 1 amide bonds. The van der Waals surface area contributed by atoms with E-state index < -0.39 is 0 Å². The number of para-hydroxylation sites is 1. The van der Waals surface area contributed by atoms with Crippen LogP contribution in [0.5, 0.6) is 5.75 Å². The molecule has 1 aromatic rings. The molecule has 2 rings (SSSR count). The topological polar surface area (TPSA) is 64.4 Å². The molecule has 21 heavy (non-hydrogen) atoms. The van der Waals surface area contributed by atoms with E-state index in [0.717, 1.165) is 24.2 Å². The first kappa shape index (κ1) is 15.8. The van der Waals surface area contributed by atoms with Crippen LogP contribution < -0.4 is 15.8 Å². The molecule has 0 aliphatic carbocycles. The minimum atomic E-state index is -0.199. The van der Waals surface area contributed by atoms with E-state index in [1.807, 2.05) is 19.1 Å². The Morgan fingerprint density at radius 1 is 1.48 bits per heavy atom. The number of nitrogens with one attached hydrogen (secondary N) is 1. The quantitative estimate of drug-likeness (QED) is 0.842. The monoisotopic (exact) mass is 290 g/mol. The molecule has 1 atom stereocenters. The molecule has 1 aliphatic heterocycles. The van der Waals surface area contributed by atoms with Crippen LogP contribution in [0.3, 0.4) is 0 Å². The summed E-state index contributed by atoms with van der Waals surface area (Å²) in [5.41, 5.74) is 7.93. The Labute approximate surface area is 127 Å². The van der Waals surface area contributed by atoms with Crippen molar-refractivity contribution >= 4 is 5.91 Å². The van der Waals surface area contributed by atoms with Gasteiger partial charge < -0.3 is 15.8 Å². The van der Waals surface area contributed by atoms with E-state index in [1.54, 1.807) is 0 Å². The van der Waals surface area contributed by atoms with Crippen LogP contribution in [0.2, 0.25) is 0 Å². The fourth-order valence-corrected chi connectivity index (χ4v) is 2.78. The largest absolute Gasteiger partial charge is 0.487 e. The molecule has 0 bridgehead atoms. The summed E-state index contributed by atoms with van der Waals surface area (Å²) in [6.07, 6.45) is 2.47. The van der Waals surface area contributed by atoms with E-state index in [-0.39, 0.29) is 17.4 Å². The fourth-order valence-electron chi connectivity index (χ4n) is 2.78. The number of nitrogens with two attached hydrogens (primary N) is 1. The Morgan fingerprint density at radius 2 is 2.24 bits per heavy atom. The van der Waals surface area contributed by atoms with E-state index >= 15 is 0 Å². The SMILES string of the molecule is CCCNC(=O)C(CN)Cc1cccc2c1OC(C)(C)C2. The van der Waals surface area contributed by atoms with Crippen molar-refractivity contribution in [1.29, 1.82) is 0 Å². The smallest absolute Gasteiger partial charge is 0.224 e. The van der Waals surface area contributed by atoms with Crippen LogP contribution in [-0.4, -0.2) is 24.6 Å². The lowest BCUT2D eigenvalue weighted by Gasteiger charge is -2.20. The first-order valence-corrected chi connectivity index (χ1v) is 7.74. The first-order valence-electron chi connectivity index (χ1n) is 7.74. The van der Waals surface area contributed by atoms with Crippen LogP contribution in [0, 0.1) is 5.92 Å². The molecule has 116 valence electrons. The van der Waals surface area contributed by atoms with Crippen LogP contribution in [0.1, 0.15) is 38.3 Å². The van der Waals surface area contributed by atoms with E-state index in [0.29, 0.717) is 19.5 Å². The van der Waals surface area contributed by atoms with Gasteiger partial charge in [-0.3, -0.25) is 4.79 Å². The number of carbonyl (C=O) groups is 1. The average molecular weight is 290 g/mol. The zero-order chi connectivity index (χ0) is 15.5. The van der Waals surface area contributed by atoms with Gasteiger partial charge in [-0.25, -0.2) is 0 Å². The number of fused-ring (bicyclic) bond motifs is 1. The Morgan fingerprint density at radius 3 is 2.90 bits per heavy atom. The second-order valence-corrected chi connectivity index (χ2v) is 6.37. The predicted molar refractivity (Wildman–Crippen MR) is 84.4 cm³/mol. The Hall–Kier alpha value is -1.55. The van der Waals surface area contributed by atoms with Gasteiger partial charge in [-0.2, -0.15) is 0 Å². The third-order valence-electron chi connectivity index (χ3n) is 3.84. The maximum Gasteiger partial charge on any atom is 0.224 e. The third-order valence-corrected chi connectivity index (χ3v) is 3.84. The van der Waals surface area contributed by atoms with Gasteiger partial charge in [-0.1, -0.05) is 25.1 Å². The standard InChI is InChI=1S/C17H26N2O2/c1-4-8-19-16(20)14(11-18)9-12-6-5-7-13-10-17(2,3)21-15(12)13/h5-7,14H,4,8-11,18H2,1-3H3,(H,19,20). The zero-order valence-corrected chi connectivity index (χ0v) is 13.2. The molecule has 0 saturated carbocycles. The molecule has 0 aromatic heterocycles. The molecule has 0 radical (unpaired) electrons. The molecular weight excluding hydrogens is 264 g/mol. The summed E-state index contributed by atoms with van der Waals surface area (Å²) < 4.78 is 6.06. The summed E-state index contributed by atoms with van der Waals surface area (Å²) >= 11 is 0. The summed E-state index contributed by atoms with van der Waals surface area (Å²) in [5.74, 6) is 0.786. The number of hydrogen-bond donors (Lipinski definition) is 2. The van der Waals surface area contributed by atoms with Crippen LogP contribution in [0.25, 0.3) is 0 Å². The van der Waals surface area contributed by atoms with Gasteiger partial charge in [0, 0.05) is 19.5 Å². The third kappa shape index (κ3) is 3.76. The lowest BCUT2D eigenvalue weighted by atomic mass is 9.95. The second-order valence-electron chi connectivity index (χ2n) is 6.37. The first-order chi connectivity index (χ1) is 9.96. The number of carbonyl (C=O) groups excluding carboxylic acids is 1. The Kier molecular flexibility index (Phi) is 4.88. The van der Waals surface area contributed by atoms with Gasteiger partial charge in [0.25, 0.3) is 0 Å². The molecular formula is C17H26N2O2. The number of amides is 1. The van der Waals surface area contributed by atoms with Crippen LogP contribution in [0.4, 0.5) is 0 Å². The predicted octanol–water partition coefficient (Wildman–Crippen LogP) is 2.04. The van der Waals surface area contributed by atoms with Gasteiger partial charge >= 0.3 is 0 Å². The highest BCUT2D eigenvalue weighted by atomic mass is 16.5. The highest BCUT2D eigenvalue weighted by Crippen LogP contribution is 2.38. The molecule has 1 aliphatic rings. The average Bonchev–Trinajstić information content (AvgIpc) is 2.76. The van der Waals surface area contributed by atoms with Gasteiger partial charge in [0.1, 0.15) is 11.4 Å². The molecule has 1 aromatic carbocycles. The van der Waals surface area contributed by atoms with E-state index in [1.165, 1.54) is 5.56 Å². The summed E-state index contributed by atoms with van der Waals surface area (Å²) in [6, 6.07) is 6.18. The van der Waals surface area contributed by atoms with Crippen LogP contribution in [0.15, 0.2) is 18.2 Å². The van der Waals surface area contributed by atoms with Crippen molar-refractivity contribution < 1.29 is 9.53 Å². The minimum Gasteiger partial charge on any atom is -0.487 e. The van der Waals surface area contributed by atoms with Crippen molar-refractivity contribution in [2.45, 2.75) is 45.6 Å². The van der Waals surface area contributed by atoms with Gasteiger partial charge in [-0.15, -0.1) is 0 Å². The number of benzene rings is 1. The zero-order valence-electron chi connectivity index (χ0n) is 13.2. The maximum absolute atomic E-state index is 12.1. The van der Waals surface area contributed by atoms with Crippen molar-refractivity contribution in [2.75, 3.05) is 13.1 Å². The van der Waals surface area contributed by atoms with Crippen molar-refractivity contribution in [3.8, 4) is 5.75 Å². The second kappa shape index (κ2) is 6.48. The van der Waals surface area contributed by atoms with Crippen molar-refractivity contribution in [3.63, 3.8) is 0 Å². The van der Waals surface area contributed by atoms with E-state index in [2.05, 4.69) is 25.2 Å². The number of rotatable bonds is 6. The summed E-state index contributed by atoms with van der Waals surface area (Å²) in [6.45, 7) is 7.27. The molecule has 1 unspecified atom stereocenters. The van der Waals surface area contributed by atoms with Crippen molar-refractivity contribution in [3.05, 3.63) is 29.3 Å². The van der Waals surface area contributed by atoms with Gasteiger partial charge in [-0.05, 0) is 37.8 Å². The van der Waals surface area contributed by atoms with Crippen LogP contribution in [-0.2, 0) is 17.6 Å². The molecule has 0 saturated heterocycles. The van der Waals surface area contributed by atoms with E-state index in [4.69, 9.17) is 10.5 Å². The Balaban J connectivity index is 2.13. The molecule has 1 heterocycles. The Bertz CT molecular complexity index is 512. The summed E-state index contributed by atoms with van der Waals surface area (Å²) in [7, 11) is 0. The normalized spacial score (nSPS) is 17.0. The van der Waals surface area contributed by atoms with Gasteiger partial charge in [0.2, 0.25) is 5.91 Å². The lowest BCUT2D eigenvalue weighted by Crippen LogP contribution is -2.36. The minimum absolute atomic E-state index is 0.0363. The molecule has 4 heteroatoms. The lowest BCUT2D eigenvalue weighted by molar-refractivity contribution is -0.124. The highest BCUT2D eigenvalue weighted by molar-refractivity contribution is 5.79.